The third kappa shape index (κ3) is 6.21. The van der Waals surface area contributed by atoms with Crippen molar-refractivity contribution in [3.63, 3.8) is 0 Å². The fourth-order valence-corrected chi connectivity index (χ4v) is 5.29. The van der Waals surface area contributed by atoms with Gasteiger partial charge in [0, 0.05) is 35.3 Å². The van der Waals surface area contributed by atoms with Crippen LogP contribution in [0.5, 0.6) is 0 Å². The van der Waals surface area contributed by atoms with Crippen LogP contribution in [0.3, 0.4) is 0 Å². The number of fused-ring (bicyclic) bond motifs is 2. The van der Waals surface area contributed by atoms with Gasteiger partial charge in [0.25, 0.3) is 10.1 Å². The molecule has 5 aromatic rings. The van der Waals surface area contributed by atoms with E-state index < -0.39 is 16.0 Å². The van der Waals surface area contributed by atoms with Crippen LogP contribution < -0.4 is 16.4 Å². The Morgan fingerprint density at radius 2 is 1.73 bits per heavy atom. The van der Waals surface area contributed by atoms with Gasteiger partial charge in [-0.2, -0.15) is 18.4 Å². The van der Waals surface area contributed by atoms with Crippen LogP contribution in [0.4, 0.5) is 11.6 Å². The molecule has 0 saturated heterocycles. The SMILES string of the molecule is Cc1cc2c(C(N)=O)cccc2n1-c1nc2c(c(NCc3ccccc3)n1)CCCN2.O=S(=O)(O)c1ccccc1. The molecular formula is C30H30N6O4S. The molecule has 1 amide bonds. The number of nitrogens with one attached hydrogen (secondary N) is 2. The first kappa shape index (κ1) is 27.8. The van der Waals surface area contributed by atoms with Gasteiger partial charge < -0.3 is 16.4 Å². The van der Waals surface area contributed by atoms with Gasteiger partial charge in [0.05, 0.1) is 10.4 Å². The topological polar surface area (TPSA) is 152 Å². The van der Waals surface area contributed by atoms with Crippen molar-refractivity contribution in [1.29, 1.82) is 0 Å². The molecular weight excluding hydrogens is 540 g/mol. The molecule has 3 aromatic carbocycles. The minimum atomic E-state index is -4.00. The van der Waals surface area contributed by atoms with E-state index in [-0.39, 0.29) is 4.90 Å². The van der Waals surface area contributed by atoms with Crippen molar-refractivity contribution < 1.29 is 17.8 Å². The number of hydrogen-bond acceptors (Lipinski definition) is 7. The van der Waals surface area contributed by atoms with E-state index in [0.717, 1.165) is 53.2 Å². The first-order valence-corrected chi connectivity index (χ1v) is 14.5. The van der Waals surface area contributed by atoms with Crippen molar-refractivity contribution in [2.75, 3.05) is 17.2 Å². The molecule has 1 aliphatic rings. The predicted octanol–water partition coefficient (Wildman–Crippen LogP) is 4.73. The zero-order chi connectivity index (χ0) is 29.0. The molecule has 1 aliphatic heterocycles. The first-order chi connectivity index (χ1) is 19.7. The van der Waals surface area contributed by atoms with Crippen LogP contribution in [-0.2, 0) is 23.1 Å². The highest BCUT2D eigenvalue weighted by molar-refractivity contribution is 7.85. The molecule has 5 N–H and O–H groups in total. The maximum Gasteiger partial charge on any atom is 0.294 e. The Hall–Kier alpha value is -4.74. The average Bonchev–Trinajstić information content (AvgIpc) is 3.32. The molecule has 3 heterocycles. The molecule has 0 atom stereocenters. The Balaban J connectivity index is 0.000000287. The predicted molar refractivity (Wildman–Crippen MR) is 159 cm³/mol. The summed E-state index contributed by atoms with van der Waals surface area (Å²) in [6, 6.07) is 25.2. The van der Waals surface area contributed by atoms with Crippen LogP contribution in [0.1, 0.15) is 33.6 Å². The smallest absolute Gasteiger partial charge is 0.294 e. The Bertz CT molecular complexity index is 1810. The quantitative estimate of drug-likeness (QED) is 0.214. The molecule has 11 heteroatoms. The lowest BCUT2D eigenvalue weighted by molar-refractivity contribution is 0.100. The molecule has 0 saturated carbocycles. The minimum Gasteiger partial charge on any atom is -0.370 e. The van der Waals surface area contributed by atoms with Gasteiger partial charge in [-0.15, -0.1) is 0 Å². The van der Waals surface area contributed by atoms with Crippen LogP contribution in [-0.4, -0.2) is 40.0 Å². The third-order valence-corrected chi connectivity index (χ3v) is 7.60. The lowest BCUT2D eigenvalue weighted by atomic mass is 10.1. The maximum absolute atomic E-state index is 11.9. The van der Waals surface area contributed by atoms with Gasteiger partial charge in [-0.1, -0.05) is 54.6 Å². The molecule has 0 aliphatic carbocycles. The van der Waals surface area contributed by atoms with Gasteiger partial charge in [-0.05, 0) is 55.7 Å². The zero-order valence-electron chi connectivity index (χ0n) is 22.4. The van der Waals surface area contributed by atoms with Crippen molar-refractivity contribution in [2.45, 2.75) is 31.2 Å². The Morgan fingerprint density at radius 1 is 1.02 bits per heavy atom. The summed E-state index contributed by atoms with van der Waals surface area (Å²) in [6.07, 6.45) is 1.97. The van der Waals surface area contributed by atoms with Gasteiger partial charge in [0.1, 0.15) is 11.6 Å². The molecule has 10 nitrogen and oxygen atoms in total. The summed E-state index contributed by atoms with van der Waals surface area (Å²) in [6.45, 7) is 3.55. The van der Waals surface area contributed by atoms with Gasteiger partial charge >= 0.3 is 0 Å². The van der Waals surface area contributed by atoms with Crippen molar-refractivity contribution in [2.24, 2.45) is 5.73 Å². The second kappa shape index (κ2) is 11.8. The van der Waals surface area contributed by atoms with Crippen molar-refractivity contribution in [1.82, 2.24) is 14.5 Å². The number of nitrogens with zero attached hydrogens (tertiary/aromatic N) is 3. The Labute approximate surface area is 238 Å². The highest BCUT2D eigenvalue weighted by atomic mass is 32.2. The van der Waals surface area contributed by atoms with Gasteiger partial charge in [0.2, 0.25) is 11.9 Å². The lowest BCUT2D eigenvalue weighted by Crippen LogP contribution is -2.19. The number of carbonyl (C=O) groups excluding carboxylic acids is 1. The van der Waals surface area contributed by atoms with E-state index in [1.165, 1.54) is 17.7 Å². The number of hydrogen-bond donors (Lipinski definition) is 4. The summed E-state index contributed by atoms with van der Waals surface area (Å²) in [5, 5.41) is 7.74. The summed E-state index contributed by atoms with van der Waals surface area (Å²) >= 11 is 0. The maximum atomic E-state index is 11.9. The van der Waals surface area contributed by atoms with Crippen LogP contribution >= 0.6 is 0 Å². The van der Waals surface area contributed by atoms with Crippen molar-refractivity contribution in [3.05, 3.63) is 107 Å². The molecule has 0 unspecified atom stereocenters. The molecule has 41 heavy (non-hydrogen) atoms. The number of anilines is 2. The lowest BCUT2D eigenvalue weighted by Gasteiger charge is -2.22. The molecule has 0 spiro atoms. The van der Waals surface area contributed by atoms with Crippen molar-refractivity contribution in [3.8, 4) is 5.95 Å². The number of rotatable bonds is 6. The summed E-state index contributed by atoms with van der Waals surface area (Å²) in [4.78, 5) is 21.6. The zero-order valence-corrected chi connectivity index (χ0v) is 23.2. The van der Waals surface area contributed by atoms with Crippen LogP contribution in [0, 0.1) is 6.92 Å². The summed E-state index contributed by atoms with van der Waals surface area (Å²) in [5.74, 6) is 1.82. The second-order valence-corrected chi connectivity index (χ2v) is 11.0. The van der Waals surface area contributed by atoms with Crippen LogP contribution in [0.15, 0.2) is 89.8 Å². The Kier molecular flexibility index (Phi) is 7.99. The van der Waals surface area contributed by atoms with E-state index in [2.05, 4.69) is 22.8 Å². The van der Waals surface area contributed by atoms with Gasteiger partial charge in [-0.25, -0.2) is 0 Å². The highest BCUT2D eigenvalue weighted by Gasteiger charge is 2.21. The molecule has 210 valence electrons. The number of benzene rings is 3. The monoisotopic (exact) mass is 570 g/mol. The second-order valence-electron chi connectivity index (χ2n) is 9.58. The highest BCUT2D eigenvalue weighted by Crippen LogP contribution is 2.31. The van der Waals surface area contributed by atoms with E-state index in [4.69, 9.17) is 20.3 Å². The van der Waals surface area contributed by atoms with E-state index in [0.29, 0.717) is 18.1 Å². The number of primary amides is 1. The fourth-order valence-electron chi connectivity index (χ4n) is 4.79. The first-order valence-electron chi connectivity index (χ1n) is 13.1. The van der Waals surface area contributed by atoms with E-state index in [1.807, 2.05) is 47.9 Å². The summed E-state index contributed by atoms with van der Waals surface area (Å²) in [5.41, 5.74) is 10.2. The standard InChI is InChI=1S/C24H24N6O.C6H6O3S/c1-15-13-19-17(21(25)31)9-5-11-20(19)30(15)24-28-22-18(10-6-12-26-22)23(29-24)27-14-16-7-3-2-4-8-16;7-10(8,9)6-4-2-1-3-5-6/h2-5,7-9,11,13H,6,10,12,14H2,1H3,(H2,25,31)(H2,26,27,28,29);1-5H,(H,7,8,9). The molecule has 0 radical (unpaired) electrons. The van der Waals surface area contributed by atoms with E-state index >= 15 is 0 Å². The molecule has 0 fully saturated rings. The van der Waals surface area contributed by atoms with E-state index in [1.54, 1.807) is 24.3 Å². The Morgan fingerprint density at radius 3 is 2.39 bits per heavy atom. The molecule has 2 aromatic heterocycles. The fraction of sp³-hybridized carbons (Fsp3) is 0.167. The number of aryl methyl sites for hydroxylation is 1. The number of carbonyl (C=O) groups is 1. The molecule has 0 bridgehead atoms. The minimum absolute atomic E-state index is 0.0741. The van der Waals surface area contributed by atoms with Crippen LogP contribution in [0.25, 0.3) is 16.9 Å². The van der Waals surface area contributed by atoms with Crippen LogP contribution in [0.2, 0.25) is 0 Å². The van der Waals surface area contributed by atoms with Gasteiger partial charge in [0.15, 0.2) is 0 Å². The average molecular weight is 571 g/mol. The summed E-state index contributed by atoms with van der Waals surface area (Å²) < 4.78 is 31.2. The number of amides is 1. The summed E-state index contributed by atoms with van der Waals surface area (Å²) in [7, 11) is -4.00. The van der Waals surface area contributed by atoms with Crippen molar-refractivity contribution >= 4 is 38.6 Å². The largest absolute Gasteiger partial charge is 0.370 e. The third-order valence-electron chi connectivity index (χ3n) is 6.73. The number of aromatic nitrogens is 3. The van der Waals surface area contributed by atoms with E-state index in [9.17, 15) is 13.2 Å². The van der Waals surface area contributed by atoms with Gasteiger partial charge in [-0.3, -0.25) is 13.9 Å². The number of nitrogens with two attached hydrogens (primary N) is 1. The normalized spacial score (nSPS) is 12.5. The molecule has 6 rings (SSSR count).